The van der Waals surface area contributed by atoms with Gasteiger partial charge in [0.1, 0.15) is 0 Å². The standard InChI is InChI=1S/C17H14ClN3O2/c1-2-23-17-15(20-13-5-3-4-6-14(13)21-17)16(22)19-12-9-7-11(18)8-10-12/h3-10H,2H2,1H3,(H,19,22). The van der Waals surface area contributed by atoms with Crippen LogP contribution in [0.25, 0.3) is 11.0 Å². The number of amides is 1. The van der Waals surface area contributed by atoms with Crippen LogP contribution in [0.5, 0.6) is 5.88 Å². The Morgan fingerprint density at radius 2 is 1.74 bits per heavy atom. The van der Waals surface area contributed by atoms with Crippen LogP contribution < -0.4 is 10.1 Å². The maximum atomic E-state index is 12.5. The summed E-state index contributed by atoms with van der Waals surface area (Å²) < 4.78 is 5.47. The molecule has 23 heavy (non-hydrogen) atoms. The van der Waals surface area contributed by atoms with E-state index in [0.29, 0.717) is 28.4 Å². The number of hydrogen-bond donors (Lipinski definition) is 1. The molecule has 0 bridgehead atoms. The maximum absolute atomic E-state index is 12.5. The molecule has 5 nitrogen and oxygen atoms in total. The van der Waals surface area contributed by atoms with Gasteiger partial charge in [0, 0.05) is 10.7 Å². The number of hydrogen-bond acceptors (Lipinski definition) is 4. The van der Waals surface area contributed by atoms with Crippen molar-refractivity contribution in [3.63, 3.8) is 0 Å². The molecule has 0 fully saturated rings. The van der Waals surface area contributed by atoms with Gasteiger partial charge in [0.2, 0.25) is 5.88 Å². The van der Waals surface area contributed by atoms with Gasteiger partial charge in [-0.2, -0.15) is 0 Å². The summed E-state index contributed by atoms with van der Waals surface area (Å²) in [6, 6.07) is 14.2. The average molecular weight is 328 g/mol. The summed E-state index contributed by atoms with van der Waals surface area (Å²) in [5, 5.41) is 3.37. The van der Waals surface area contributed by atoms with Gasteiger partial charge < -0.3 is 10.1 Å². The maximum Gasteiger partial charge on any atom is 0.279 e. The first-order valence-electron chi connectivity index (χ1n) is 7.14. The van der Waals surface area contributed by atoms with Gasteiger partial charge in [-0.15, -0.1) is 0 Å². The molecular formula is C17H14ClN3O2. The number of para-hydroxylation sites is 2. The van der Waals surface area contributed by atoms with E-state index in [0.717, 1.165) is 0 Å². The Morgan fingerprint density at radius 3 is 2.39 bits per heavy atom. The third kappa shape index (κ3) is 3.40. The highest BCUT2D eigenvalue weighted by molar-refractivity contribution is 6.30. The van der Waals surface area contributed by atoms with E-state index < -0.39 is 0 Å². The SMILES string of the molecule is CCOc1nc2ccccc2nc1C(=O)Nc1ccc(Cl)cc1. The normalized spacial score (nSPS) is 10.5. The van der Waals surface area contributed by atoms with E-state index in [1.54, 1.807) is 30.3 Å². The summed E-state index contributed by atoms with van der Waals surface area (Å²) in [6.45, 7) is 2.23. The predicted octanol–water partition coefficient (Wildman–Crippen LogP) is 3.93. The average Bonchev–Trinajstić information content (AvgIpc) is 2.56. The topological polar surface area (TPSA) is 64.1 Å². The van der Waals surface area contributed by atoms with Gasteiger partial charge in [0.15, 0.2) is 5.69 Å². The third-order valence-corrected chi connectivity index (χ3v) is 3.39. The van der Waals surface area contributed by atoms with Crippen molar-refractivity contribution in [3.05, 3.63) is 59.2 Å². The van der Waals surface area contributed by atoms with Crippen LogP contribution in [0.3, 0.4) is 0 Å². The van der Waals surface area contributed by atoms with Crippen LogP contribution in [-0.4, -0.2) is 22.5 Å². The van der Waals surface area contributed by atoms with Crippen LogP contribution in [0, 0.1) is 0 Å². The van der Waals surface area contributed by atoms with E-state index in [2.05, 4.69) is 15.3 Å². The molecule has 0 radical (unpaired) electrons. The number of nitrogens with zero attached hydrogens (tertiary/aromatic N) is 2. The quantitative estimate of drug-likeness (QED) is 0.788. The molecule has 0 aliphatic heterocycles. The Labute approximate surface area is 138 Å². The second-order valence-corrected chi connectivity index (χ2v) is 5.20. The lowest BCUT2D eigenvalue weighted by atomic mass is 10.2. The summed E-state index contributed by atoms with van der Waals surface area (Å²) in [5.74, 6) is -0.160. The Bertz CT molecular complexity index is 850. The number of halogens is 1. The number of nitrogens with one attached hydrogen (secondary N) is 1. The van der Waals surface area contributed by atoms with Crippen LogP contribution in [-0.2, 0) is 0 Å². The number of benzene rings is 2. The Balaban J connectivity index is 1.97. The largest absolute Gasteiger partial charge is 0.476 e. The molecule has 1 N–H and O–H groups in total. The van der Waals surface area contributed by atoms with E-state index in [4.69, 9.17) is 16.3 Å². The molecule has 6 heteroatoms. The van der Waals surface area contributed by atoms with Gasteiger partial charge in [-0.3, -0.25) is 4.79 Å². The molecule has 0 saturated carbocycles. The number of fused-ring (bicyclic) bond motifs is 1. The van der Waals surface area contributed by atoms with Gasteiger partial charge in [0.25, 0.3) is 5.91 Å². The lowest BCUT2D eigenvalue weighted by Crippen LogP contribution is -2.16. The van der Waals surface area contributed by atoms with Crippen LogP contribution in [0.15, 0.2) is 48.5 Å². The molecule has 1 amide bonds. The Kier molecular flexibility index (Phi) is 4.39. The summed E-state index contributed by atoms with van der Waals surface area (Å²) in [4.78, 5) is 21.3. The summed E-state index contributed by atoms with van der Waals surface area (Å²) >= 11 is 5.84. The lowest BCUT2D eigenvalue weighted by Gasteiger charge is -2.10. The molecule has 0 spiro atoms. The molecule has 116 valence electrons. The molecule has 3 aromatic rings. The van der Waals surface area contributed by atoms with E-state index in [-0.39, 0.29) is 17.5 Å². The minimum absolute atomic E-state index is 0.153. The molecule has 1 aromatic heterocycles. The highest BCUT2D eigenvalue weighted by Crippen LogP contribution is 2.21. The van der Waals surface area contributed by atoms with E-state index in [9.17, 15) is 4.79 Å². The van der Waals surface area contributed by atoms with Crippen molar-refractivity contribution < 1.29 is 9.53 Å². The molecule has 3 rings (SSSR count). The van der Waals surface area contributed by atoms with Crippen LogP contribution in [0.4, 0.5) is 5.69 Å². The van der Waals surface area contributed by atoms with Gasteiger partial charge in [0.05, 0.1) is 17.6 Å². The Morgan fingerprint density at radius 1 is 1.09 bits per heavy atom. The first-order valence-corrected chi connectivity index (χ1v) is 7.51. The zero-order valence-electron chi connectivity index (χ0n) is 12.4. The molecule has 0 saturated heterocycles. The number of rotatable bonds is 4. The van der Waals surface area contributed by atoms with Crippen molar-refractivity contribution in [2.75, 3.05) is 11.9 Å². The lowest BCUT2D eigenvalue weighted by molar-refractivity contribution is 0.101. The number of carbonyl (C=O) groups is 1. The van der Waals surface area contributed by atoms with E-state index >= 15 is 0 Å². The number of anilines is 1. The van der Waals surface area contributed by atoms with Gasteiger partial charge in [-0.05, 0) is 43.3 Å². The summed E-state index contributed by atoms with van der Waals surface area (Å²) in [7, 11) is 0. The second-order valence-electron chi connectivity index (χ2n) is 4.76. The van der Waals surface area contributed by atoms with Gasteiger partial charge in [-0.1, -0.05) is 23.7 Å². The first kappa shape index (κ1) is 15.2. The molecule has 0 aliphatic rings. The van der Waals surface area contributed by atoms with Crippen molar-refractivity contribution in [2.45, 2.75) is 6.92 Å². The highest BCUT2D eigenvalue weighted by Gasteiger charge is 2.18. The zero-order chi connectivity index (χ0) is 16.2. The first-order chi connectivity index (χ1) is 11.2. The van der Waals surface area contributed by atoms with Crippen LogP contribution in [0.1, 0.15) is 17.4 Å². The van der Waals surface area contributed by atoms with E-state index in [1.807, 2.05) is 25.1 Å². The minimum Gasteiger partial charge on any atom is -0.476 e. The molecule has 0 aliphatic carbocycles. The van der Waals surface area contributed by atoms with Crippen molar-refractivity contribution >= 4 is 34.2 Å². The molecule has 1 heterocycles. The summed E-state index contributed by atoms with van der Waals surface area (Å²) in [5.41, 5.74) is 2.09. The van der Waals surface area contributed by atoms with E-state index in [1.165, 1.54) is 0 Å². The molecule has 2 aromatic carbocycles. The smallest absolute Gasteiger partial charge is 0.279 e. The number of carbonyl (C=O) groups excluding carboxylic acids is 1. The Hall–Kier alpha value is -2.66. The van der Waals surface area contributed by atoms with Crippen molar-refractivity contribution in [2.24, 2.45) is 0 Å². The molecule has 0 atom stereocenters. The fraction of sp³-hybridized carbons (Fsp3) is 0.118. The number of ether oxygens (including phenoxy) is 1. The van der Waals surface area contributed by atoms with Gasteiger partial charge in [-0.25, -0.2) is 9.97 Å². The second kappa shape index (κ2) is 6.62. The van der Waals surface area contributed by atoms with Crippen molar-refractivity contribution in [1.29, 1.82) is 0 Å². The van der Waals surface area contributed by atoms with Gasteiger partial charge >= 0.3 is 0 Å². The minimum atomic E-state index is -0.381. The monoisotopic (exact) mass is 327 g/mol. The number of aromatic nitrogens is 2. The van der Waals surface area contributed by atoms with Crippen molar-refractivity contribution in [1.82, 2.24) is 9.97 Å². The van der Waals surface area contributed by atoms with Crippen molar-refractivity contribution in [3.8, 4) is 5.88 Å². The summed E-state index contributed by atoms with van der Waals surface area (Å²) in [6.07, 6.45) is 0. The fourth-order valence-electron chi connectivity index (χ4n) is 2.09. The predicted molar refractivity (Wildman–Crippen MR) is 90.1 cm³/mol. The molecular weight excluding hydrogens is 314 g/mol. The molecule has 0 unspecified atom stereocenters. The van der Waals surface area contributed by atoms with Crippen LogP contribution >= 0.6 is 11.6 Å². The van der Waals surface area contributed by atoms with Crippen LogP contribution in [0.2, 0.25) is 5.02 Å². The third-order valence-electron chi connectivity index (χ3n) is 3.14. The highest BCUT2D eigenvalue weighted by atomic mass is 35.5. The fourth-order valence-corrected chi connectivity index (χ4v) is 2.22. The zero-order valence-corrected chi connectivity index (χ0v) is 13.2.